The van der Waals surface area contributed by atoms with Gasteiger partial charge in [0.05, 0.1) is 5.69 Å². The molecule has 1 aromatic carbocycles. The summed E-state index contributed by atoms with van der Waals surface area (Å²) in [6, 6.07) is 10.3. The number of hydrogen-bond donors (Lipinski definition) is 1. The van der Waals surface area contributed by atoms with Gasteiger partial charge in [-0.2, -0.15) is 0 Å². The fourth-order valence-electron chi connectivity index (χ4n) is 1.73. The molecule has 2 heterocycles. The van der Waals surface area contributed by atoms with Gasteiger partial charge in [-0.25, -0.2) is 4.98 Å². The molecule has 2 nitrogen and oxygen atoms in total. The Morgan fingerprint density at radius 2 is 2.12 bits per heavy atom. The minimum atomic E-state index is 0.519. The molecular weight excluding hydrogens is 236 g/mol. The lowest BCUT2D eigenvalue weighted by Crippen LogP contribution is -1.85. The van der Waals surface area contributed by atoms with E-state index in [2.05, 4.69) is 39.6 Å². The zero-order valence-electron chi connectivity index (χ0n) is 8.31. The van der Waals surface area contributed by atoms with Crippen molar-refractivity contribution in [2.75, 3.05) is 0 Å². The van der Waals surface area contributed by atoms with E-state index in [0.717, 1.165) is 5.69 Å². The Bertz CT molecular complexity index is 697. The van der Waals surface area contributed by atoms with Crippen molar-refractivity contribution < 1.29 is 0 Å². The molecule has 3 rings (SSSR count). The SMILES string of the molecule is S=c1nccc(-c2cccc3ccsc23)[nH]1. The number of nitrogens with one attached hydrogen (secondary N) is 1. The summed E-state index contributed by atoms with van der Waals surface area (Å²) < 4.78 is 1.80. The summed E-state index contributed by atoms with van der Waals surface area (Å²) in [7, 11) is 0. The molecule has 0 aliphatic heterocycles. The number of thiophene rings is 1. The molecule has 0 atom stereocenters. The first-order valence-electron chi connectivity index (χ1n) is 4.86. The minimum Gasteiger partial charge on any atom is -0.330 e. The van der Waals surface area contributed by atoms with Gasteiger partial charge < -0.3 is 4.98 Å². The van der Waals surface area contributed by atoms with Gasteiger partial charge in [-0.1, -0.05) is 18.2 Å². The van der Waals surface area contributed by atoms with E-state index in [1.165, 1.54) is 15.6 Å². The molecule has 0 saturated carbocycles. The Hall–Kier alpha value is -1.52. The number of H-pyrrole nitrogens is 1. The fraction of sp³-hybridized carbons (Fsp3) is 0. The fourth-order valence-corrected chi connectivity index (χ4v) is 2.83. The van der Waals surface area contributed by atoms with Crippen LogP contribution in [0.15, 0.2) is 41.9 Å². The molecule has 0 aliphatic rings. The summed E-state index contributed by atoms with van der Waals surface area (Å²) in [4.78, 5) is 7.11. The Kier molecular flexibility index (Phi) is 2.31. The van der Waals surface area contributed by atoms with Crippen LogP contribution >= 0.6 is 23.6 Å². The summed E-state index contributed by atoms with van der Waals surface area (Å²) in [5.41, 5.74) is 2.20. The van der Waals surface area contributed by atoms with Gasteiger partial charge in [0.2, 0.25) is 0 Å². The Morgan fingerprint density at radius 3 is 3.00 bits per heavy atom. The molecular formula is C12H8N2S2. The normalized spacial score (nSPS) is 10.8. The van der Waals surface area contributed by atoms with E-state index in [1.54, 1.807) is 17.5 Å². The van der Waals surface area contributed by atoms with Gasteiger partial charge in [0.25, 0.3) is 0 Å². The quantitative estimate of drug-likeness (QED) is 0.655. The monoisotopic (exact) mass is 244 g/mol. The molecule has 2 aromatic heterocycles. The largest absolute Gasteiger partial charge is 0.330 e. The van der Waals surface area contributed by atoms with Crippen LogP contribution in [0, 0.1) is 4.77 Å². The smallest absolute Gasteiger partial charge is 0.197 e. The van der Waals surface area contributed by atoms with Gasteiger partial charge in [0, 0.05) is 16.5 Å². The van der Waals surface area contributed by atoms with Crippen molar-refractivity contribution in [3.05, 3.63) is 46.7 Å². The molecule has 0 unspecified atom stereocenters. The van der Waals surface area contributed by atoms with E-state index in [0.29, 0.717) is 4.77 Å². The van der Waals surface area contributed by atoms with Crippen LogP contribution < -0.4 is 0 Å². The average molecular weight is 244 g/mol. The van der Waals surface area contributed by atoms with E-state index in [4.69, 9.17) is 12.2 Å². The third kappa shape index (κ3) is 1.56. The molecule has 0 amide bonds. The average Bonchev–Trinajstić information content (AvgIpc) is 2.76. The first kappa shape index (κ1) is 9.69. The van der Waals surface area contributed by atoms with Gasteiger partial charge >= 0.3 is 0 Å². The topological polar surface area (TPSA) is 28.7 Å². The lowest BCUT2D eigenvalue weighted by Gasteiger charge is -2.02. The molecule has 0 bridgehead atoms. The van der Waals surface area contributed by atoms with Gasteiger partial charge in [0.15, 0.2) is 4.77 Å². The van der Waals surface area contributed by atoms with E-state index in [1.807, 2.05) is 6.07 Å². The first-order chi connectivity index (χ1) is 7.84. The molecule has 3 aromatic rings. The summed E-state index contributed by atoms with van der Waals surface area (Å²) in [6.07, 6.45) is 1.74. The van der Waals surface area contributed by atoms with E-state index < -0.39 is 0 Å². The van der Waals surface area contributed by atoms with Crippen molar-refractivity contribution >= 4 is 33.6 Å². The Balaban J connectivity index is 2.33. The van der Waals surface area contributed by atoms with Crippen LogP contribution in [0.5, 0.6) is 0 Å². The van der Waals surface area contributed by atoms with E-state index >= 15 is 0 Å². The van der Waals surface area contributed by atoms with Crippen molar-refractivity contribution in [2.45, 2.75) is 0 Å². The lowest BCUT2D eigenvalue weighted by atomic mass is 10.1. The van der Waals surface area contributed by atoms with Crippen LogP contribution in [-0.2, 0) is 0 Å². The summed E-state index contributed by atoms with van der Waals surface area (Å²) in [5.74, 6) is 0. The number of hydrogen-bond acceptors (Lipinski definition) is 3. The van der Waals surface area contributed by atoms with Gasteiger partial charge in [-0.05, 0) is 35.1 Å². The molecule has 0 aliphatic carbocycles. The molecule has 0 saturated heterocycles. The summed E-state index contributed by atoms with van der Waals surface area (Å²) in [6.45, 7) is 0. The second kappa shape index (κ2) is 3.81. The van der Waals surface area contributed by atoms with Crippen LogP contribution in [0.4, 0.5) is 0 Å². The first-order valence-corrected chi connectivity index (χ1v) is 6.15. The Morgan fingerprint density at radius 1 is 1.19 bits per heavy atom. The third-order valence-corrected chi connectivity index (χ3v) is 3.61. The maximum atomic E-state index is 5.04. The highest BCUT2D eigenvalue weighted by molar-refractivity contribution is 7.71. The van der Waals surface area contributed by atoms with Crippen LogP contribution in [0.25, 0.3) is 21.3 Å². The zero-order chi connectivity index (χ0) is 11.0. The minimum absolute atomic E-state index is 0.519. The highest BCUT2D eigenvalue weighted by Gasteiger charge is 2.04. The van der Waals surface area contributed by atoms with Crippen LogP contribution in [0.1, 0.15) is 0 Å². The van der Waals surface area contributed by atoms with Gasteiger partial charge in [-0.3, -0.25) is 0 Å². The number of aromatic amines is 1. The number of rotatable bonds is 1. The highest BCUT2D eigenvalue weighted by Crippen LogP contribution is 2.30. The number of fused-ring (bicyclic) bond motifs is 1. The van der Waals surface area contributed by atoms with E-state index in [9.17, 15) is 0 Å². The molecule has 78 valence electrons. The molecule has 0 fully saturated rings. The zero-order valence-corrected chi connectivity index (χ0v) is 9.94. The standard InChI is InChI=1S/C12H8N2S2/c15-12-13-6-4-10(14-12)9-3-1-2-8-5-7-16-11(8)9/h1-7H,(H,13,14,15). The van der Waals surface area contributed by atoms with Crippen molar-refractivity contribution in [2.24, 2.45) is 0 Å². The molecule has 1 N–H and O–H groups in total. The van der Waals surface area contributed by atoms with Gasteiger partial charge in [-0.15, -0.1) is 11.3 Å². The highest BCUT2D eigenvalue weighted by atomic mass is 32.1. The molecule has 4 heteroatoms. The van der Waals surface area contributed by atoms with E-state index in [-0.39, 0.29) is 0 Å². The lowest BCUT2D eigenvalue weighted by molar-refractivity contribution is 1.14. The second-order valence-corrected chi connectivity index (χ2v) is 4.74. The number of aromatic nitrogens is 2. The van der Waals surface area contributed by atoms with Crippen molar-refractivity contribution in [3.63, 3.8) is 0 Å². The van der Waals surface area contributed by atoms with Crippen LogP contribution in [-0.4, -0.2) is 9.97 Å². The number of nitrogens with zero attached hydrogens (tertiary/aromatic N) is 1. The summed E-state index contributed by atoms with van der Waals surface area (Å²) in [5, 5.41) is 3.36. The maximum absolute atomic E-state index is 5.04. The molecule has 0 spiro atoms. The molecule has 0 radical (unpaired) electrons. The Labute approximate surface area is 102 Å². The second-order valence-electron chi connectivity index (χ2n) is 3.43. The predicted octanol–water partition coefficient (Wildman–Crippen LogP) is 4.02. The van der Waals surface area contributed by atoms with Crippen LogP contribution in [0.2, 0.25) is 0 Å². The predicted molar refractivity (Wildman–Crippen MR) is 70.2 cm³/mol. The molecule has 16 heavy (non-hydrogen) atoms. The van der Waals surface area contributed by atoms with Gasteiger partial charge in [0.1, 0.15) is 0 Å². The maximum Gasteiger partial charge on any atom is 0.197 e. The van der Waals surface area contributed by atoms with Crippen LogP contribution in [0.3, 0.4) is 0 Å². The number of benzene rings is 1. The third-order valence-electron chi connectivity index (χ3n) is 2.44. The van der Waals surface area contributed by atoms with Crippen molar-refractivity contribution in [1.29, 1.82) is 0 Å². The van der Waals surface area contributed by atoms with Crippen molar-refractivity contribution in [3.8, 4) is 11.3 Å². The van der Waals surface area contributed by atoms with Crippen molar-refractivity contribution in [1.82, 2.24) is 9.97 Å². The summed E-state index contributed by atoms with van der Waals surface area (Å²) >= 11 is 6.78.